The molecule has 3 rings (SSSR count). The Hall–Kier alpha value is -1.34. The zero-order valence-corrected chi connectivity index (χ0v) is 11.3. The van der Waals surface area contributed by atoms with E-state index in [1.165, 1.54) is 35.6 Å². The molecule has 1 heteroatoms. The molecule has 2 unspecified atom stereocenters. The fourth-order valence-corrected chi connectivity index (χ4v) is 3.39. The fourth-order valence-electron chi connectivity index (χ4n) is 3.39. The average molecular weight is 239 g/mol. The van der Waals surface area contributed by atoms with Crippen molar-refractivity contribution in [2.75, 3.05) is 14.1 Å². The van der Waals surface area contributed by atoms with Crippen LogP contribution in [0.2, 0.25) is 0 Å². The SMILES string of the molecule is CN(C)C1CCCC1c1ccc2ccccc2c1. The molecule has 18 heavy (non-hydrogen) atoms. The summed E-state index contributed by atoms with van der Waals surface area (Å²) < 4.78 is 0. The molecule has 0 aromatic heterocycles. The first-order chi connectivity index (χ1) is 8.75. The molecule has 1 aliphatic rings. The maximum Gasteiger partial charge on any atom is 0.0158 e. The lowest BCUT2D eigenvalue weighted by Gasteiger charge is -2.26. The van der Waals surface area contributed by atoms with Gasteiger partial charge >= 0.3 is 0 Å². The van der Waals surface area contributed by atoms with E-state index in [9.17, 15) is 0 Å². The van der Waals surface area contributed by atoms with Gasteiger partial charge in [0, 0.05) is 6.04 Å². The van der Waals surface area contributed by atoms with Gasteiger partial charge in [-0.25, -0.2) is 0 Å². The summed E-state index contributed by atoms with van der Waals surface area (Å²) in [6.07, 6.45) is 4.03. The summed E-state index contributed by atoms with van der Waals surface area (Å²) in [5, 5.41) is 2.72. The van der Waals surface area contributed by atoms with Crippen molar-refractivity contribution in [1.29, 1.82) is 0 Å². The molecule has 0 radical (unpaired) electrons. The molecule has 94 valence electrons. The molecule has 0 amide bonds. The van der Waals surface area contributed by atoms with Crippen LogP contribution in [-0.4, -0.2) is 25.0 Å². The lowest BCUT2D eigenvalue weighted by Crippen LogP contribution is -2.29. The molecular weight excluding hydrogens is 218 g/mol. The van der Waals surface area contributed by atoms with Gasteiger partial charge in [0.1, 0.15) is 0 Å². The van der Waals surface area contributed by atoms with E-state index in [1.54, 1.807) is 0 Å². The van der Waals surface area contributed by atoms with Crippen molar-refractivity contribution < 1.29 is 0 Å². The van der Waals surface area contributed by atoms with E-state index in [0.717, 1.165) is 0 Å². The molecule has 0 spiro atoms. The summed E-state index contributed by atoms with van der Waals surface area (Å²) in [6, 6.07) is 16.4. The largest absolute Gasteiger partial charge is 0.306 e. The second-order valence-corrected chi connectivity index (χ2v) is 5.67. The Kier molecular flexibility index (Phi) is 3.09. The monoisotopic (exact) mass is 239 g/mol. The van der Waals surface area contributed by atoms with Crippen LogP contribution in [0.3, 0.4) is 0 Å². The minimum absolute atomic E-state index is 0.713. The van der Waals surface area contributed by atoms with Crippen molar-refractivity contribution in [2.45, 2.75) is 31.2 Å². The molecule has 0 bridgehead atoms. The van der Waals surface area contributed by atoms with E-state index in [0.29, 0.717) is 12.0 Å². The van der Waals surface area contributed by atoms with Crippen LogP contribution in [0.5, 0.6) is 0 Å². The smallest absolute Gasteiger partial charge is 0.0158 e. The van der Waals surface area contributed by atoms with Crippen LogP contribution < -0.4 is 0 Å². The first kappa shape index (κ1) is 11.7. The number of rotatable bonds is 2. The van der Waals surface area contributed by atoms with Crippen LogP contribution in [0.4, 0.5) is 0 Å². The van der Waals surface area contributed by atoms with Gasteiger partial charge in [0.05, 0.1) is 0 Å². The number of benzene rings is 2. The van der Waals surface area contributed by atoms with Crippen molar-refractivity contribution >= 4 is 10.8 Å². The van der Waals surface area contributed by atoms with Crippen LogP contribution in [0.15, 0.2) is 42.5 Å². The Morgan fingerprint density at radius 2 is 1.72 bits per heavy atom. The first-order valence-corrected chi connectivity index (χ1v) is 6.91. The van der Waals surface area contributed by atoms with Gasteiger partial charge in [-0.1, -0.05) is 48.9 Å². The van der Waals surface area contributed by atoms with Gasteiger partial charge in [-0.15, -0.1) is 0 Å². The van der Waals surface area contributed by atoms with Gasteiger partial charge in [-0.2, -0.15) is 0 Å². The van der Waals surface area contributed by atoms with Crippen LogP contribution >= 0.6 is 0 Å². The maximum atomic E-state index is 2.40. The molecule has 0 N–H and O–H groups in total. The lowest BCUT2D eigenvalue weighted by molar-refractivity contribution is 0.276. The van der Waals surface area contributed by atoms with E-state index >= 15 is 0 Å². The molecule has 0 aliphatic heterocycles. The highest BCUT2D eigenvalue weighted by Crippen LogP contribution is 2.37. The zero-order valence-electron chi connectivity index (χ0n) is 11.3. The Morgan fingerprint density at radius 3 is 2.50 bits per heavy atom. The van der Waals surface area contributed by atoms with E-state index in [4.69, 9.17) is 0 Å². The lowest BCUT2D eigenvalue weighted by atomic mass is 9.91. The third kappa shape index (κ3) is 2.04. The zero-order chi connectivity index (χ0) is 12.5. The molecule has 2 aromatic carbocycles. The maximum absolute atomic E-state index is 2.40. The Balaban J connectivity index is 1.98. The second kappa shape index (κ2) is 4.74. The number of hydrogen-bond donors (Lipinski definition) is 0. The van der Waals surface area contributed by atoms with Crippen molar-refractivity contribution in [1.82, 2.24) is 4.90 Å². The molecule has 1 nitrogen and oxygen atoms in total. The summed E-state index contributed by atoms with van der Waals surface area (Å²) in [6.45, 7) is 0. The highest BCUT2D eigenvalue weighted by molar-refractivity contribution is 5.83. The molecule has 2 atom stereocenters. The molecule has 1 fully saturated rings. The van der Waals surface area contributed by atoms with Gasteiger partial charge in [-0.3, -0.25) is 0 Å². The number of likely N-dealkylation sites (N-methyl/N-ethyl adjacent to an activating group) is 1. The predicted octanol–water partition coefficient (Wildman–Crippen LogP) is 4.04. The van der Waals surface area contributed by atoms with Gasteiger partial charge in [0.2, 0.25) is 0 Å². The summed E-state index contributed by atoms with van der Waals surface area (Å²) in [7, 11) is 4.42. The minimum atomic E-state index is 0.713. The van der Waals surface area contributed by atoms with Crippen LogP contribution in [0.1, 0.15) is 30.7 Å². The topological polar surface area (TPSA) is 3.24 Å². The van der Waals surface area contributed by atoms with Gasteiger partial charge in [0.15, 0.2) is 0 Å². The number of nitrogens with zero attached hydrogens (tertiary/aromatic N) is 1. The average Bonchev–Trinajstić information content (AvgIpc) is 2.87. The van der Waals surface area contributed by atoms with Crippen molar-refractivity contribution in [3.63, 3.8) is 0 Å². The van der Waals surface area contributed by atoms with E-state index < -0.39 is 0 Å². The molecular formula is C17H21N. The Morgan fingerprint density at radius 1 is 0.944 bits per heavy atom. The molecule has 2 aromatic rings. The second-order valence-electron chi connectivity index (χ2n) is 5.67. The summed E-state index contributed by atoms with van der Waals surface area (Å²) in [5.74, 6) is 0.713. The summed E-state index contributed by atoms with van der Waals surface area (Å²) in [4.78, 5) is 2.40. The highest BCUT2D eigenvalue weighted by Gasteiger charge is 2.29. The van der Waals surface area contributed by atoms with Crippen LogP contribution in [0.25, 0.3) is 10.8 Å². The summed E-state index contributed by atoms with van der Waals surface area (Å²) in [5.41, 5.74) is 1.52. The molecule has 0 saturated heterocycles. The van der Waals surface area contributed by atoms with Gasteiger partial charge in [0.25, 0.3) is 0 Å². The predicted molar refractivity (Wildman–Crippen MR) is 78.0 cm³/mol. The van der Waals surface area contributed by atoms with E-state index in [2.05, 4.69) is 61.5 Å². The normalized spacial score (nSPS) is 23.9. The van der Waals surface area contributed by atoms with Crippen LogP contribution in [-0.2, 0) is 0 Å². The van der Waals surface area contributed by atoms with Crippen molar-refractivity contribution in [3.8, 4) is 0 Å². The highest BCUT2D eigenvalue weighted by atomic mass is 15.1. The quantitative estimate of drug-likeness (QED) is 0.764. The summed E-state index contributed by atoms with van der Waals surface area (Å²) >= 11 is 0. The van der Waals surface area contributed by atoms with Gasteiger partial charge in [-0.05, 0) is 49.2 Å². The van der Waals surface area contributed by atoms with Crippen LogP contribution in [0, 0.1) is 0 Å². The van der Waals surface area contributed by atoms with Crippen molar-refractivity contribution in [2.24, 2.45) is 0 Å². The molecule has 1 saturated carbocycles. The van der Waals surface area contributed by atoms with Crippen molar-refractivity contribution in [3.05, 3.63) is 48.0 Å². The number of fused-ring (bicyclic) bond motifs is 1. The standard InChI is InChI=1S/C17H21N/c1-18(2)17-9-5-8-16(17)15-11-10-13-6-3-4-7-14(13)12-15/h3-4,6-7,10-12,16-17H,5,8-9H2,1-2H3. The van der Waals surface area contributed by atoms with E-state index in [1.807, 2.05) is 0 Å². The third-order valence-corrected chi connectivity index (χ3v) is 4.34. The third-order valence-electron chi connectivity index (χ3n) is 4.34. The fraction of sp³-hybridized carbons (Fsp3) is 0.412. The Bertz CT molecular complexity index is 544. The molecule has 0 heterocycles. The first-order valence-electron chi connectivity index (χ1n) is 6.91. The number of hydrogen-bond acceptors (Lipinski definition) is 1. The van der Waals surface area contributed by atoms with E-state index in [-0.39, 0.29) is 0 Å². The Labute approximate surface area is 109 Å². The minimum Gasteiger partial charge on any atom is -0.306 e. The molecule has 1 aliphatic carbocycles. The van der Waals surface area contributed by atoms with Gasteiger partial charge < -0.3 is 4.90 Å².